The van der Waals surface area contributed by atoms with Crippen molar-refractivity contribution in [3.8, 4) is 5.75 Å². The number of carbonyl (C=O) groups excluding carboxylic acids is 1. The molecule has 2 rings (SSSR count). The van der Waals surface area contributed by atoms with Gasteiger partial charge in [-0.2, -0.15) is 0 Å². The fourth-order valence-corrected chi connectivity index (χ4v) is 1.84. The molecule has 1 heterocycles. The van der Waals surface area contributed by atoms with E-state index in [9.17, 15) is 4.79 Å². The molecule has 6 heteroatoms. The summed E-state index contributed by atoms with van der Waals surface area (Å²) >= 11 is 5.03. The number of Topliss-reactive ketones (excluding diaryl/α,β-unsaturated/α-hetero) is 1. The largest absolute Gasteiger partial charge is 0.497 e. The van der Waals surface area contributed by atoms with Crippen molar-refractivity contribution < 1.29 is 9.53 Å². The maximum Gasteiger partial charge on any atom is 0.216 e. The second-order valence-corrected chi connectivity index (χ2v) is 4.19. The van der Waals surface area contributed by atoms with Gasteiger partial charge < -0.3 is 4.74 Å². The van der Waals surface area contributed by atoms with Crippen LogP contribution in [0.1, 0.15) is 16.2 Å². The smallest absolute Gasteiger partial charge is 0.216 e. The molecule has 5 nitrogen and oxygen atoms in total. The average Bonchev–Trinajstić information content (AvgIpc) is 2.68. The molecular weight excluding hydrogens is 250 g/mol. The van der Waals surface area contributed by atoms with Gasteiger partial charge in [-0.3, -0.25) is 14.6 Å². The van der Waals surface area contributed by atoms with Crippen LogP contribution in [0, 0.1) is 11.7 Å². The van der Waals surface area contributed by atoms with Crippen molar-refractivity contribution in [1.82, 2.24) is 14.8 Å². The van der Waals surface area contributed by atoms with Gasteiger partial charge in [0, 0.05) is 5.56 Å². The molecule has 0 aliphatic heterocycles. The van der Waals surface area contributed by atoms with E-state index in [1.807, 2.05) is 0 Å². The van der Waals surface area contributed by atoms with Crippen LogP contribution in [0.4, 0.5) is 0 Å². The Hall–Kier alpha value is -1.95. The van der Waals surface area contributed by atoms with Crippen LogP contribution in [0.25, 0.3) is 0 Å². The van der Waals surface area contributed by atoms with Crippen LogP contribution < -0.4 is 4.74 Å². The van der Waals surface area contributed by atoms with E-state index in [1.54, 1.807) is 43.0 Å². The molecule has 0 unspecified atom stereocenters. The van der Waals surface area contributed by atoms with Crippen molar-refractivity contribution in [2.24, 2.45) is 0 Å². The van der Waals surface area contributed by atoms with Crippen LogP contribution in [0.3, 0.4) is 0 Å². The lowest BCUT2D eigenvalue weighted by Crippen LogP contribution is -2.11. The zero-order chi connectivity index (χ0) is 13.1. The van der Waals surface area contributed by atoms with Crippen molar-refractivity contribution in [3.63, 3.8) is 0 Å². The summed E-state index contributed by atoms with van der Waals surface area (Å²) in [4.78, 5) is 16.1. The normalized spacial score (nSPS) is 10.3. The Kier molecular flexibility index (Phi) is 3.57. The summed E-state index contributed by atoms with van der Waals surface area (Å²) in [7, 11) is 1.59. The maximum absolute atomic E-state index is 12.0. The molecule has 0 radical (unpaired) electrons. The van der Waals surface area contributed by atoms with E-state index < -0.39 is 0 Å². The molecule has 1 N–H and O–H groups in total. The summed E-state index contributed by atoms with van der Waals surface area (Å²) < 4.78 is 6.98. The van der Waals surface area contributed by atoms with E-state index in [-0.39, 0.29) is 12.3 Å². The van der Waals surface area contributed by atoms with E-state index >= 15 is 0 Å². The molecule has 0 amide bonds. The van der Waals surface area contributed by atoms with Gasteiger partial charge in [0.05, 0.1) is 7.11 Å². The first kappa shape index (κ1) is 12.5. The minimum absolute atomic E-state index is 0.0302. The highest BCUT2D eigenvalue weighted by atomic mass is 32.1. The third-order valence-electron chi connectivity index (χ3n) is 2.50. The molecule has 0 atom stereocenters. The van der Waals surface area contributed by atoms with Crippen molar-refractivity contribution in [2.45, 2.75) is 13.5 Å². The molecule has 1 aromatic heterocycles. The van der Waals surface area contributed by atoms with Crippen LogP contribution in [0.5, 0.6) is 5.75 Å². The minimum atomic E-state index is -0.0302. The van der Waals surface area contributed by atoms with Crippen molar-refractivity contribution in [3.05, 3.63) is 40.4 Å². The highest BCUT2D eigenvalue weighted by Crippen LogP contribution is 2.12. The number of benzene rings is 1. The van der Waals surface area contributed by atoms with Crippen LogP contribution in [-0.2, 0) is 6.54 Å². The van der Waals surface area contributed by atoms with Crippen LogP contribution in [0.15, 0.2) is 24.3 Å². The Balaban J connectivity index is 2.16. The number of nitrogens with zero attached hydrogens (tertiary/aromatic N) is 2. The molecule has 94 valence electrons. The summed E-state index contributed by atoms with van der Waals surface area (Å²) in [5, 5.41) is 2.92. The van der Waals surface area contributed by atoms with Gasteiger partial charge in [-0.25, -0.2) is 4.98 Å². The van der Waals surface area contributed by atoms with Crippen LogP contribution in [-0.4, -0.2) is 27.7 Å². The molecule has 18 heavy (non-hydrogen) atoms. The Labute approximate surface area is 109 Å². The molecule has 0 saturated carbocycles. The highest BCUT2D eigenvalue weighted by molar-refractivity contribution is 7.71. The van der Waals surface area contributed by atoms with E-state index in [1.165, 1.54) is 0 Å². The number of rotatable bonds is 4. The predicted octanol–water partition coefficient (Wildman–Crippen LogP) is 2.14. The monoisotopic (exact) mass is 263 g/mol. The number of aromatic amines is 1. The van der Waals surface area contributed by atoms with E-state index in [2.05, 4.69) is 10.1 Å². The van der Waals surface area contributed by atoms with Crippen LogP contribution in [0.2, 0.25) is 0 Å². The zero-order valence-corrected chi connectivity index (χ0v) is 11.0. The van der Waals surface area contributed by atoms with Gasteiger partial charge >= 0.3 is 0 Å². The molecule has 1 aromatic carbocycles. The summed E-state index contributed by atoms with van der Waals surface area (Å²) in [5.41, 5.74) is 0.616. The Morgan fingerprint density at radius 1 is 1.44 bits per heavy atom. The number of ether oxygens (including phenoxy) is 1. The van der Waals surface area contributed by atoms with Gasteiger partial charge in [-0.05, 0) is 43.4 Å². The summed E-state index contributed by atoms with van der Waals surface area (Å²) in [5.74, 6) is 1.39. The highest BCUT2D eigenvalue weighted by Gasteiger charge is 2.08. The molecule has 0 bridgehead atoms. The first-order valence-corrected chi connectivity index (χ1v) is 5.81. The van der Waals surface area contributed by atoms with E-state index in [0.29, 0.717) is 16.2 Å². The standard InChI is InChI=1S/C12H13N3O2S/c1-8-13-12(18)15(14-8)7-11(16)9-3-5-10(17-2)6-4-9/h3-6H,7H2,1-2H3,(H,13,14,18). The zero-order valence-electron chi connectivity index (χ0n) is 10.1. The molecular formula is C12H13N3O2S. The number of hydrogen-bond acceptors (Lipinski definition) is 4. The number of carbonyl (C=O) groups is 1. The lowest BCUT2D eigenvalue weighted by molar-refractivity contribution is 0.0967. The number of aryl methyl sites for hydroxylation is 1. The molecule has 0 aliphatic carbocycles. The van der Waals surface area contributed by atoms with Crippen molar-refractivity contribution >= 4 is 18.0 Å². The molecule has 0 saturated heterocycles. The lowest BCUT2D eigenvalue weighted by Gasteiger charge is -2.03. The molecule has 0 spiro atoms. The van der Waals surface area contributed by atoms with Gasteiger partial charge in [-0.1, -0.05) is 0 Å². The number of aromatic nitrogens is 3. The third kappa shape index (κ3) is 2.65. The first-order chi connectivity index (χ1) is 8.60. The Morgan fingerprint density at radius 2 is 2.11 bits per heavy atom. The Morgan fingerprint density at radius 3 is 2.61 bits per heavy atom. The van der Waals surface area contributed by atoms with E-state index in [0.717, 1.165) is 5.75 Å². The number of ketones is 1. The maximum atomic E-state index is 12.0. The van der Waals surface area contributed by atoms with Gasteiger partial charge in [0.25, 0.3) is 0 Å². The lowest BCUT2D eigenvalue weighted by atomic mass is 10.1. The fourth-order valence-electron chi connectivity index (χ4n) is 1.59. The van der Waals surface area contributed by atoms with Gasteiger partial charge in [-0.15, -0.1) is 0 Å². The van der Waals surface area contributed by atoms with Crippen molar-refractivity contribution in [2.75, 3.05) is 7.11 Å². The molecule has 0 aliphatic rings. The topological polar surface area (TPSA) is 59.9 Å². The fraction of sp³-hybridized carbons (Fsp3) is 0.250. The third-order valence-corrected chi connectivity index (χ3v) is 2.82. The summed E-state index contributed by atoms with van der Waals surface area (Å²) in [6.07, 6.45) is 0. The number of hydrogen-bond donors (Lipinski definition) is 1. The van der Waals surface area contributed by atoms with Crippen LogP contribution >= 0.6 is 12.2 Å². The second kappa shape index (κ2) is 5.14. The Bertz CT molecular complexity index is 613. The second-order valence-electron chi connectivity index (χ2n) is 3.83. The molecule has 0 fully saturated rings. The van der Waals surface area contributed by atoms with Gasteiger partial charge in [0.2, 0.25) is 4.77 Å². The summed E-state index contributed by atoms with van der Waals surface area (Å²) in [6.45, 7) is 1.95. The van der Waals surface area contributed by atoms with E-state index in [4.69, 9.17) is 17.0 Å². The summed E-state index contributed by atoms with van der Waals surface area (Å²) in [6, 6.07) is 6.97. The number of H-pyrrole nitrogens is 1. The predicted molar refractivity (Wildman–Crippen MR) is 69.5 cm³/mol. The molecule has 2 aromatic rings. The quantitative estimate of drug-likeness (QED) is 0.678. The van der Waals surface area contributed by atoms with Crippen molar-refractivity contribution in [1.29, 1.82) is 0 Å². The average molecular weight is 263 g/mol. The SMILES string of the molecule is COc1ccc(C(=O)Cn2[nH]c(C)nc2=S)cc1. The minimum Gasteiger partial charge on any atom is -0.497 e. The number of nitrogens with one attached hydrogen (secondary N) is 1. The van der Waals surface area contributed by atoms with Gasteiger partial charge in [0.1, 0.15) is 18.1 Å². The first-order valence-electron chi connectivity index (χ1n) is 5.41. The number of methoxy groups -OCH3 is 1. The van der Waals surface area contributed by atoms with Gasteiger partial charge in [0.15, 0.2) is 5.78 Å².